The summed E-state index contributed by atoms with van der Waals surface area (Å²) in [7, 11) is 3.60. The first-order valence-corrected chi connectivity index (χ1v) is 9.17. The molecule has 4 atom stereocenters. The molecule has 0 spiro atoms. The van der Waals surface area contributed by atoms with Crippen LogP contribution in [0.5, 0.6) is 11.5 Å². The number of likely N-dealkylation sites (N-methyl/N-ethyl adjacent to an activating group) is 1. The van der Waals surface area contributed by atoms with E-state index >= 15 is 0 Å². The highest BCUT2D eigenvalue weighted by Crippen LogP contribution is 2.27. The summed E-state index contributed by atoms with van der Waals surface area (Å²) in [4.78, 5) is 2.07. The second-order valence-corrected chi connectivity index (χ2v) is 7.10. The summed E-state index contributed by atoms with van der Waals surface area (Å²) in [5, 5.41) is 10.9. The minimum Gasteiger partial charge on any atom is -0.497 e. The van der Waals surface area contributed by atoms with Crippen LogP contribution in [0.25, 0.3) is 0 Å². The Balaban J connectivity index is 1.67. The van der Waals surface area contributed by atoms with Crippen molar-refractivity contribution in [2.75, 3.05) is 14.2 Å². The molecule has 0 saturated heterocycles. The zero-order valence-corrected chi connectivity index (χ0v) is 15.7. The number of aliphatic hydroxyl groups excluding tert-OH is 1. The van der Waals surface area contributed by atoms with Gasteiger partial charge in [0.1, 0.15) is 29.5 Å². The highest BCUT2D eigenvalue weighted by atomic mass is 19.1. The van der Waals surface area contributed by atoms with E-state index < -0.39 is 6.10 Å². The van der Waals surface area contributed by atoms with E-state index in [1.165, 1.54) is 12.1 Å². The van der Waals surface area contributed by atoms with E-state index in [0.717, 1.165) is 17.7 Å². The Morgan fingerprint density at radius 2 is 1.70 bits per heavy atom. The molecule has 0 aliphatic heterocycles. The van der Waals surface area contributed by atoms with Crippen molar-refractivity contribution in [2.24, 2.45) is 5.73 Å². The van der Waals surface area contributed by atoms with Crippen molar-refractivity contribution in [1.29, 1.82) is 0 Å². The molecular formula is C21H27FN2O3. The summed E-state index contributed by atoms with van der Waals surface area (Å²) in [5.74, 6) is 1.04. The fraction of sp³-hybridized carbons (Fsp3) is 0.429. The zero-order valence-electron chi connectivity index (χ0n) is 15.7. The van der Waals surface area contributed by atoms with Crippen LogP contribution < -0.4 is 15.2 Å². The number of aliphatic hydroxyl groups is 1. The zero-order chi connectivity index (χ0) is 19.4. The van der Waals surface area contributed by atoms with E-state index in [2.05, 4.69) is 4.90 Å². The number of methoxy groups -OCH3 is 1. The molecule has 5 nitrogen and oxygen atoms in total. The molecule has 1 saturated carbocycles. The largest absolute Gasteiger partial charge is 0.497 e. The molecule has 0 amide bonds. The molecule has 0 heterocycles. The smallest absolute Gasteiger partial charge is 0.126 e. The molecule has 27 heavy (non-hydrogen) atoms. The number of rotatable bonds is 6. The number of hydrogen-bond donors (Lipinski definition) is 2. The third-order valence-electron chi connectivity index (χ3n) is 5.16. The highest BCUT2D eigenvalue weighted by molar-refractivity contribution is 5.27. The third kappa shape index (κ3) is 4.77. The topological polar surface area (TPSA) is 68.0 Å². The predicted molar refractivity (Wildman–Crippen MR) is 102 cm³/mol. The van der Waals surface area contributed by atoms with Crippen molar-refractivity contribution in [3.8, 4) is 11.5 Å². The summed E-state index contributed by atoms with van der Waals surface area (Å²) in [6.45, 7) is 0.655. The van der Waals surface area contributed by atoms with Gasteiger partial charge in [-0.25, -0.2) is 4.39 Å². The molecule has 2 aromatic rings. The van der Waals surface area contributed by atoms with Crippen LogP contribution in [0.3, 0.4) is 0 Å². The van der Waals surface area contributed by atoms with Gasteiger partial charge in [0.2, 0.25) is 0 Å². The van der Waals surface area contributed by atoms with Gasteiger partial charge in [0.05, 0.1) is 13.2 Å². The molecular weight excluding hydrogens is 347 g/mol. The van der Waals surface area contributed by atoms with Gasteiger partial charge >= 0.3 is 0 Å². The molecule has 3 rings (SSSR count). The van der Waals surface area contributed by atoms with E-state index in [1.807, 2.05) is 31.3 Å². The van der Waals surface area contributed by atoms with Crippen molar-refractivity contribution >= 4 is 0 Å². The van der Waals surface area contributed by atoms with Crippen molar-refractivity contribution in [3.05, 3.63) is 59.9 Å². The molecule has 146 valence electrons. The molecule has 3 N–H and O–H groups in total. The number of hydrogen-bond acceptors (Lipinski definition) is 5. The number of ether oxygens (including phenoxy) is 2. The Bertz CT molecular complexity index is 723. The van der Waals surface area contributed by atoms with Crippen LogP contribution in [-0.4, -0.2) is 48.5 Å². The van der Waals surface area contributed by atoms with E-state index in [1.54, 1.807) is 19.2 Å². The van der Waals surface area contributed by atoms with Crippen LogP contribution in [0.15, 0.2) is 48.5 Å². The fourth-order valence-corrected chi connectivity index (χ4v) is 3.70. The van der Waals surface area contributed by atoms with Gasteiger partial charge in [0.25, 0.3) is 0 Å². The predicted octanol–water partition coefficient (Wildman–Crippen LogP) is 2.56. The van der Waals surface area contributed by atoms with Crippen LogP contribution in [-0.2, 0) is 6.54 Å². The average molecular weight is 374 g/mol. The molecule has 1 aliphatic carbocycles. The Kier molecular flexibility index (Phi) is 6.31. The van der Waals surface area contributed by atoms with E-state index in [4.69, 9.17) is 15.2 Å². The van der Waals surface area contributed by atoms with E-state index in [9.17, 15) is 9.50 Å². The minimum atomic E-state index is -0.734. The molecule has 0 radical (unpaired) electrons. The SMILES string of the molecule is COc1ccc(CN(C)[C@@H]2[C@@H](O)[C@H](Oc3ccc(F)cc3)CC[C@H]2N)cc1. The molecule has 0 bridgehead atoms. The Morgan fingerprint density at radius 1 is 1.07 bits per heavy atom. The van der Waals surface area contributed by atoms with Crippen LogP contribution in [0, 0.1) is 5.82 Å². The van der Waals surface area contributed by atoms with Crippen molar-refractivity contribution < 1.29 is 19.0 Å². The van der Waals surface area contributed by atoms with Gasteiger partial charge < -0.3 is 20.3 Å². The Morgan fingerprint density at radius 3 is 2.33 bits per heavy atom. The lowest BCUT2D eigenvalue weighted by Crippen LogP contribution is -2.60. The van der Waals surface area contributed by atoms with Crippen LogP contribution in [0.1, 0.15) is 18.4 Å². The maximum Gasteiger partial charge on any atom is 0.126 e. The van der Waals surface area contributed by atoms with Gasteiger partial charge in [-0.15, -0.1) is 0 Å². The number of nitrogens with two attached hydrogens (primary N) is 1. The third-order valence-corrected chi connectivity index (χ3v) is 5.16. The molecule has 1 aliphatic rings. The van der Waals surface area contributed by atoms with Gasteiger partial charge in [0.15, 0.2) is 0 Å². The number of benzene rings is 2. The first-order valence-electron chi connectivity index (χ1n) is 9.17. The van der Waals surface area contributed by atoms with Crippen LogP contribution in [0.4, 0.5) is 4.39 Å². The number of halogens is 1. The monoisotopic (exact) mass is 374 g/mol. The van der Waals surface area contributed by atoms with Crippen molar-refractivity contribution in [2.45, 2.75) is 43.7 Å². The van der Waals surface area contributed by atoms with E-state index in [0.29, 0.717) is 18.7 Å². The summed E-state index contributed by atoms with van der Waals surface area (Å²) in [6.07, 6.45) is 0.299. The summed E-state index contributed by atoms with van der Waals surface area (Å²) < 4.78 is 24.2. The minimum absolute atomic E-state index is 0.142. The second-order valence-electron chi connectivity index (χ2n) is 7.10. The molecule has 6 heteroatoms. The average Bonchev–Trinajstić information content (AvgIpc) is 2.66. The number of nitrogens with zero attached hydrogens (tertiary/aromatic N) is 1. The standard InChI is InChI=1S/C21H27FN2O3/c1-24(13-14-3-7-16(26-2)8-4-14)20-18(23)11-12-19(21(20)25)27-17-9-5-15(22)6-10-17/h3-10,18-21,25H,11-13,23H2,1-2H3/t18-,19-,20+,21+/m1/s1. The summed E-state index contributed by atoms with van der Waals surface area (Å²) >= 11 is 0. The summed E-state index contributed by atoms with van der Waals surface area (Å²) in [5.41, 5.74) is 7.43. The van der Waals surface area contributed by atoms with Crippen LogP contribution in [0.2, 0.25) is 0 Å². The molecule has 1 fully saturated rings. The molecule has 0 unspecified atom stereocenters. The lowest BCUT2D eigenvalue weighted by Gasteiger charge is -2.43. The van der Waals surface area contributed by atoms with Gasteiger partial charge in [-0.2, -0.15) is 0 Å². The van der Waals surface area contributed by atoms with Gasteiger partial charge in [-0.1, -0.05) is 12.1 Å². The quantitative estimate of drug-likeness (QED) is 0.813. The van der Waals surface area contributed by atoms with Crippen molar-refractivity contribution in [3.63, 3.8) is 0 Å². The van der Waals surface area contributed by atoms with Gasteiger partial charge in [0, 0.05) is 12.6 Å². The lowest BCUT2D eigenvalue weighted by molar-refractivity contribution is -0.0569. The Hall–Kier alpha value is -2.15. The first-order chi connectivity index (χ1) is 13.0. The summed E-state index contributed by atoms with van der Waals surface area (Å²) in [6, 6.07) is 13.3. The van der Waals surface area contributed by atoms with Crippen molar-refractivity contribution in [1.82, 2.24) is 4.90 Å². The second kappa shape index (κ2) is 8.69. The lowest BCUT2D eigenvalue weighted by atomic mass is 9.85. The first kappa shape index (κ1) is 19.6. The maximum absolute atomic E-state index is 13.1. The van der Waals surface area contributed by atoms with E-state index in [-0.39, 0.29) is 24.0 Å². The van der Waals surface area contributed by atoms with Crippen LogP contribution >= 0.6 is 0 Å². The highest BCUT2D eigenvalue weighted by Gasteiger charge is 2.40. The Labute approximate surface area is 159 Å². The van der Waals surface area contributed by atoms with Gasteiger partial charge in [-0.3, -0.25) is 4.90 Å². The fourth-order valence-electron chi connectivity index (χ4n) is 3.70. The molecule has 0 aromatic heterocycles. The maximum atomic E-state index is 13.1. The molecule has 2 aromatic carbocycles. The van der Waals surface area contributed by atoms with Gasteiger partial charge in [-0.05, 0) is 61.9 Å². The normalized spacial score (nSPS) is 25.4.